The topological polar surface area (TPSA) is 27.7 Å². The Morgan fingerprint density at radius 3 is 2.26 bits per heavy atom. The second kappa shape index (κ2) is 5.95. The lowest BCUT2D eigenvalue weighted by molar-refractivity contribution is 0.00578. The smallest absolute Gasteiger partial charge is 0.493 e. The minimum absolute atomic E-state index is 0.250. The van der Waals surface area contributed by atoms with E-state index in [2.05, 4.69) is 0 Å². The van der Waals surface area contributed by atoms with Crippen LogP contribution in [0.5, 0.6) is 5.75 Å². The summed E-state index contributed by atoms with van der Waals surface area (Å²) in [7, 11) is -0.869. The van der Waals surface area contributed by atoms with Crippen molar-refractivity contribution in [3.63, 3.8) is 0 Å². The number of rotatable bonds is 4. The van der Waals surface area contributed by atoms with E-state index in [1.807, 2.05) is 58.0 Å². The van der Waals surface area contributed by atoms with Crippen LogP contribution in [0.2, 0.25) is 0 Å². The molecule has 0 amide bonds. The van der Waals surface area contributed by atoms with E-state index in [9.17, 15) is 4.39 Å². The van der Waals surface area contributed by atoms with Crippen LogP contribution in [-0.2, 0) is 9.31 Å². The van der Waals surface area contributed by atoms with Gasteiger partial charge >= 0.3 is 7.12 Å². The van der Waals surface area contributed by atoms with Gasteiger partial charge in [0.15, 0.2) is 0 Å². The largest absolute Gasteiger partial charge is 0.525 e. The molecule has 0 unspecified atom stereocenters. The van der Waals surface area contributed by atoms with Crippen LogP contribution >= 0.6 is 0 Å². The maximum absolute atomic E-state index is 14.6. The zero-order valence-corrected chi connectivity index (χ0v) is 14.3. The molecule has 3 rings (SSSR count). The first kappa shape index (κ1) is 16.5. The average Bonchev–Trinajstić information content (AvgIpc) is 2.66. The monoisotopic (exact) mass is 318 g/mol. The van der Waals surface area contributed by atoms with Gasteiger partial charge in [0.05, 0.1) is 17.8 Å². The fourth-order valence-corrected chi connectivity index (χ4v) is 2.79. The van der Waals surface area contributed by atoms with Crippen LogP contribution in [0.4, 0.5) is 4.39 Å². The van der Waals surface area contributed by atoms with E-state index < -0.39 is 18.3 Å². The normalized spacial score (nSPS) is 25.2. The molecule has 0 bridgehead atoms. The van der Waals surface area contributed by atoms with Crippen molar-refractivity contribution in [1.29, 1.82) is 0 Å². The number of benzene rings is 1. The van der Waals surface area contributed by atoms with Crippen LogP contribution in [-0.4, -0.2) is 24.9 Å². The minimum Gasteiger partial charge on any atom is -0.493 e. The Kier molecular flexibility index (Phi) is 4.28. The van der Waals surface area contributed by atoms with Crippen molar-refractivity contribution in [3.8, 4) is 5.75 Å². The average molecular weight is 318 g/mol. The molecule has 1 saturated heterocycles. The van der Waals surface area contributed by atoms with Gasteiger partial charge in [0, 0.05) is 5.92 Å². The zero-order valence-electron chi connectivity index (χ0n) is 14.3. The Bertz CT molecular complexity index is 574. The summed E-state index contributed by atoms with van der Waals surface area (Å²) < 4.78 is 31.8. The van der Waals surface area contributed by atoms with Crippen LogP contribution in [0.3, 0.4) is 0 Å². The Morgan fingerprint density at radius 2 is 1.70 bits per heavy atom. The molecule has 1 aliphatic heterocycles. The molecule has 1 aliphatic carbocycles. The number of ether oxygens (including phenoxy) is 1. The molecular weight excluding hydrogens is 294 g/mol. The molecule has 0 radical (unpaired) electrons. The Morgan fingerprint density at radius 1 is 1.13 bits per heavy atom. The second-order valence-corrected chi connectivity index (χ2v) is 7.44. The first-order chi connectivity index (χ1) is 10.8. The fraction of sp³-hybridized carbons (Fsp3) is 0.556. The number of allylic oxidation sites excluding steroid dienone is 1. The van der Waals surface area contributed by atoms with E-state index in [4.69, 9.17) is 14.0 Å². The second-order valence-electron chi connectivity index (χ2n) is 7.44. The first-order valence-corrected chi connectivity index (χ1v) is 8.19. The number of hydrogen-bond donors (Lipinski definition) is 0. The lowest BCUT2D eigenvalue weighted by Gasteiger charge is -2.32. The first-order valence-electron chi connectivity index (χ1n) is 8.19. The van der Waals surface area contributed by atoms with Crippen molar-refractivity contribution in [3.05, 3.63) is 41.6 Å². The Hall–Kier alpha value is -1.33. The van der Waals surface area contributed by atoms with Gasteiger partial charge in [0.25, 0.3) is 0 Å². The maximum Gasteiger partial charge on any atom is 0.525 e. The van der Waals surface area contributed by atoms with Gasteiger partial charge < -0.3 is 14.0 Å². The van der Waals surface area contributed by atoms with Crippen LogP contribution < -0.4 is 4.74 Å². The van der Waals surface area contributed by atoms with Gasteiger partial charge in [0.1, 0.15) is 11.5 Å². The van der Waals surface area contributed by atoms with Gasteiger partial charge in [0.2, 0.25) is 0 Å². The summed E-state index contributed by atoms with van der Waals surface area (Å²) in [5, 5.41) is 0. The summed E-state index contributed by atoms with van der Waals surface area (Å²) in [6.07, 6.45) is 1.42. The van der Waals surface area contributed by atoms with Gasteiger partial charge in [-0.1, -0.05) is 18.2 Å². The zero-order chi connectivity index (χ0) is 16.7. The van der Waals surface area contributed by atoms with Gasteiger partial charge in [-0.15, -0.1) is 0 Å². The summed E-state index contributed by atoms with van der Waals surface area (Å²) in [6.45, 7) is 8.35. The van der Waals surface area contributed by atoms with E-state index >= 15 is 0 Å². The van der Waals surface area contributed by atoms with E-state index in [1.54, 1.807) is 0 Å². The van der Waals surface area contributed by atoms with Crippen molar-refractivity contribution >= 4 is 7.12 Å². The fourth-order valence-electron chi connectivity index (χ4n) is 2.79. The molecule has 124 valence electrons. The van der Waals surface area contributed by atoms with Crippen LogP contribution in [0.25, 0.3) is 0 Å². The van der Waals surface area contributed by atoms with E-state index in [0.29, 0.717) is 25.4 Å². The molecule has 0 atom stereocenters. The molecule has 1 heterocycles. The highest BCUT2D eigenvalue weighted by atomic mass is 19.1. The van der Waals surface area contributed by atoms with Gasteiger partial charge in [-0.2, -0.15) is 0 Å². The minimum atomic E-state index is -0.869. The number of hydrogen-bond acceptors (Lipinski definition) is 3. The lowest BCUT2D eigenvalue weighted by atomic mass is 9.73. The molecule has 1 saturated carbocycles. The Labute approximate surface area is 138 Å². The van der Waals surface area contributed by atoms with Crippen molar-refractivity contribution in [2.75, 3.05) is 6.61 Å². The van der Waals surface area contributed by atoms with Crippen molar-refractivity contribution < 1.29 is 18.4 Å². The predicted molar refractivity (Wildman–Crippen MR) is 88.9 cm³/mol. The standard InChI is InChI=1S/C18H24BFO3/c1-17(2)18(3,4)23-19(22-17)16(20)14-10-13(11-14)12-21-15-8-6-5-7-9-15/h5-9,13H,10-12H2,1-4H3. The highest BCUT2D eigenvalue weighted by Gasteiger charge is 2.54. The van der Waals surface area contributed by atoms with Crippen molar-refractivity contribution in [2.45, 2.75) is 51.7 Å². The van der Waals surface area contributed by atoms with E-state index in [1.165, 1.54) is 0 Å². The molecule has 1 aromatic rings. The van der Waals surface area contributed by atoms with E-state index in [0.717, 1.165) is 11.3 Å². The highest BCUT2D eigenvalue weighted by Crippen LogP contribution is 2.43. The summed E-state index contributed by atoms with van der Waals surface area (Å²) in [4.78, 5) is 0. The SMILES string of the molecule is CC1(C)OB(C(F)=C2CC(COc3ccccc3)C2)OC1(C)C. The maximum atomic E-state index is 14.6. The van der Waals surface area contributed by atoms with Gasteiger partial charge in [-0.3, -0.25) is 0 Å². The molecule has 3 nitrogen and oxygen atoms in total. The predicted octanol–water partition coefficient (Wildman–Crippen LogP) is 4.33. The summed E-state index contributed by atoms with van der Waals surface area (Å²) in [6, 6.07) is 9.70. The van der Waals surface area contributed by atoms with Gasteiger partial charge in [-0.05, 0) is 58.2 Å². The molecule has 2 fully saturated rings. The molecular formula is C18H24BFO3. The molecule has 23 heavy (non-hydrogen) atoms. The highest BCUT2D eigenvalue weighted by molar-refractivity contribution is 6.53. The summed E-state index contributed by atoms with van der Waals surface area (Å²) >= 11 is 0. The molecule has 1 aromatic carbocycles. The summed E-state index contributed by atoms with van der Waals surface area (Å²) in [5.41, 5.74) is -0.464. The summed E-state index contributed by atoms with van der Waals surface area (Å²) in [5.74, 6) is 1.22. The van der Waals surface area contributed by atoms with Crippen LogP contribution in [0.15, 0.2) is 41.6 Å². The Balaban J connectivity index is 1.53. The van der Waals surface area contributed by atoms with Crippen LogP contribution in [0.1, 0.15) is 40.5 Å². The molecule has 0 spiro atoms. The molecule has 0 aromatic heterocycles. The molecule has 0 N–H and O–H groups in total. The van der Waals surface area contributed by atoms with E-state index in [-0.39, 0.29) is 5.73 Å². The third kappa shape index (κ3) is 3.31. The number of halogens is 1. The third-order valence-electron chi connectivity index (χ3n) is 5.10. The quantitative estimate of drug-likeness (QED) is 0.773. The third-order valence-corrected chi connectivity index (χ3v) is 5.10. The lowest BCUT2D eigenvalue weighted by Crippen LogP contribution is -2.41. The molecule has 5 heteroatoms. The molecule has 2 aliphatic rings. The van der Waals surface area contributed by atoms with Gasteiger partial charge in [-0.25, -0.2) is 4.39 Å². The van der Waals surface area contributed by atoms with Crippen molar-refractivity contribution in [2.24, 2.45) is 5.92 Å². The number of para-hydroxylation sites is 1. The van der Waals surface area contributed by atoms with Crippen molar-refractivity contribution in [1.82, 2.24) is 0 Å². The van der Waals surface area contributed by atoms with Crippen LogP contribution in [0, 0.1) is 5.92 Å².